The SMILES string of the molecule is Cc1nccc(N2CCC(c3nnc(CN(C)CCO)n3C)CC2)n1. The highest BCUT2D eigenvalue weighted by Crippen LogP contribution is 2.28. The molecule has 2 aromatic heterocycles. The maximum Gasteiger partial charge on any atom is 0.146 e. The Kier molecular flexibility index (Phi) is 5.60. The van der Waals surface area contributed by atoms with Crippen molar-refractivity contribution in [2.75, 3.05) is 38.2 Å². The second-order valence-electron chi connectivity index (χ2n) is 6.72. The maximum absolute atomic E-state index is 9.03. The molecule has 3 rings (SSSR count). The molecular weight excluding hydrogens is 318 g/mol. The lowest BCUT2D eigenvalue weighted by Crippen LogP contribution is -2.34. The minimum Gasteiger partial charge on any atom is -0.395 e. The van der Waals surface area contributed by atoms with E-state index >= 15 is 0 Å². The lowest BCUT2D eigenvalue weighted by molar-refractivity contribution is 0.213. The summed E-state index contributed by atoms with van der Waals surface area (Å²) in [6.07, 6.45) is 3.91. The Morgan fingerprint density at radius 3 is 2.72 bits per heavy atom. The zero-order chi connectivity index (χ0) is 17.8. The molecule has 1 fully saturated rings. The smallest absolute Gasteiger partial charge is 0.146 e. The van der Waals surface area contributed by atoms with Gasteiger partial charge in [0.2, 0.25) is 0 Å². The van der Waals surface area contributed by atoms with E-state index in [2.05, 4.69) is 29.6 Å². The largest absolute Gasteiger partial charge is 0.395 e. The summed E-state index contributed by atoms with van der Waals surface area (Å²) in [5.41, 5.74) is 0. The van der Waals surface area contributed by atoms with Crippen molar-refractivity contribution in [1.29, 1.82) is 0 Å². The van der Waals surface area contributed by atoms with Crippen molar-refractivity contribution in [3.05, 3.63) is 29.7 Å². The summed E-state index contributed by atoms with van der Waals surface area (Å²) in [7, 11) is 4.02. The molecule has 0 atom stereocenters. The zero-order valence-electron chi connectivity index (χ0n) is 15.3. The van der Waals surface area contributed by atoms with Crippen molar-refractivity contribution >= 4 is 5.82 Å². The molecule has 136 valence electrons. The van der Waals surface area contributed by atoms with Crippen LogP contribution in [-0.2, 0) is 13.6 Å². The fourth-order valence-corrected chi connectivity index (χ4v) is 3.35. The first kappa shape index (κ1) is 17.8. The molecule has 1 saturated heterocycles. The molecule has 0 aromatic carbocycles. The summed E-state index contributed by atoms with van der Waals surface area (Å²) in [6.45, 7) is 5.34. The fourth-order valence-electron chi connectivity index (χ4n) is 3.35. The van der Waals surface area contributed by atoms with E-state index in [9.17, 15) is 0 Å². The summed E-state index contributed by atoms with van der Waals surface area (Å²) in [5, 5.41) is 17.8. The monoisotopic (exact) mass is 345 g/mol. The van der Waals surface area contributed by atoms with E-state index in [0.29, 0.717) is 19.0 Å². The Bertz CT molecular complexity index is 694. The minimum absolute atomic E-state index is 0.155. The van der Waals surface area contributed by atoms with Crippen molar-refractivity contribution in [2.24, 2.45) is 7.05 Å². The Labute approximate surface area is 148 Å². The number of nitrogens with zero attached hydrogens (tertiary/aromatic N) is 7. The normalized spacial score (nSPS) is 16.0. The summed E-state index contributed by atoms with van der Waals surface area (Å²) in [6, 6.07) is 1.98. The van der Waals surface area contributed by atoms with E-state index in [4.69, 9.17) is 5.11 Å². The second-order valence-corrected chi connectivity index (χ2v) is 6.72. The van der Waals surface area contributed by atoms with E-state index in [0.717, 1.165) is 49.2 Å². The highest BCUT2D eigenvalue weighted by Gasteiger charge is 2.26. The molecule has 0 unspecified atom stereocenters. The van der Waals surface area contributed by atoms with E-state index in [1.807, 2.05) is 38.2 Å². The average molecular weight is 345 g/mol. The van der Waals surface area contributed by atoms with Gasteiger partial charge in [-0.15, -0.1) is 10.2 Å². The molecule has 3 heterocycles. The van der Waals surface area contributed by atoms with Crippen LogP contribution in [0.3, 0.4) is 0 Å². The van der Waals surface area contributed by atoms with Crippen molar-refractivity contribution in [1.82, 2.24) is 29.6 Å². The van der Waals surface area contributed by atoms with Gasteiger partial charge in [-0.3, -0.25) is 4.90 Å². The van der Waals surface area contributed by atoms with Gasteiger partial charge in [-0.05, 0) is 32.9 Å². The molecule has 0 aliphatic carbocycles. The van der Waals surface area contributed by atoms with Crippen LogP contribution in [0.2, 0.25) is 0 Å². The lowest BCUT2D eigenvalue weighted by Gasteiger charge is -2.32. The summed E-state index contributed by atoms with van der Waals surface area (Å²) >= 11 is 0. The fraction of sp³-hybridized carbons (Fsp3) is 0.647. The van der Waals surface area contributed by atoms with E-state index in [-0.39, 0.29) is 6.61 Å². The van der Waals surface area contributed by atoms with Crippen molar-refractivity contribution < 1.29 is 5.11 Å². The Morgan fingerprint density at radius 2 is 2.04 bits per heavy atom. The van der Waals surface area contributed by atoms with Gasteiger partial charge in [-0.2, -0.15) is 0 Å². The van der Waals surface area contributed by atoms with Gasteiger partial charge in [0, 0.05) is 38.8 Å². The van der Waals surface area contributed by atoms with Crippen LogP contribution in [0.1, 0.15) is 36.2 Å². The Balaban J connectivity index is 1.62. The first-order valence-electron chi connectivity index (χ1n) is 8.80. The van der Waals surface area contributed by atoms with Gasteiger partial charge in [0.1, 0.15) is 23.3 Å². The third kappa shape index (κ3) is 4.13. The molecule has 0 saturated carbocycles. The van der Waals surface area contributed by atoms with Crippen molar-refractivity contribution in [3.8, 4) is 0 Å². The summed E-state index contributed by atoms with van der Waals surface area (Å²) in [4.78, 5) is 13.1. The van der Waals surface area contributed by atoms with Crippen molar-refractivity contribution in [3.63, 3.8) is 0 Å². The van der Waals surface area contributed by atoms with Crippen LogP contribution in [0.25, 0.3) is 0 Å². The predicted octanol–water partition coefficient (Wildman–Crippen LogP) is 0.722. The Morgan fingerprint density at radius 1 is 1.28 bits per heavy atom. The van der Waals surface area contributed by atoms with Crippen LogP contribution in [0.15, 0.2) is 12.3 Å². The molecule has 0 amide bonds. The third-order valence-electron chi connectivity index (χ3n) is 4.84. The molecule has 0 spiro atoms. The number of aromatic nitrogens is 5. The molecule has 1 N–H and O–H groups in total. The number of piperidine rings is 1. The van der Waals surface area contributed by atoms with Crippen LogP contribution >= 0.6 is 0 Å². The predicted molar refractivity (Wildman–Crippen MR) is 95.4 cm³/mol. The van der Waals surface area contributed by atoms with Gasteiger partial charge >= 0.3 is 0 Å². The first-order chi connectivity index (χ1) is 12.1. The van der Waals surface area contributed by atoms with Gasteiger partial charge in [0.05, 0.1) is 13.2 Å². The second kappa shape index (κ2) is 7.88. The van der Waals surface area contributed by atoms with Crippen LogP contribution < -0.4 is 4.90 Å². The standard InChI is InChI=1S/C17H27N7O/c1-13-18-7-4-15(19-13)24-8-5-14(6-9-24)17-21-20-16(23(17)3)12-22(2)10-11-25/h4,7,14,25H,5-6,8-12H2,1-3H3. The van der Waals surface area contributed by atoms with E-state index < -0.39 is 0 Å². The van der Waals surface area contributed by atoms with Crippen LogP contribution in [0, 0.1) is 6.92 Å². The van der Waals surface area contributed by atoms with E-state index in [1.165, 1.54) is 0 Å². The highest BCUT2D eigenvalue weighted by molar-refractivity contribution is 5.38. The molecule has 2 aromatic rings. The number of hydrogen-bond donors (Lipinski definition) is 1. The maximum atomic E-state index is 9.03. The molecule has 8 heteroatoms. The number of hydrogen-bond acceptors (Lipinski definition) is 7. The third-order valence-corrected chi connectivity index (χ3v) is 4.84. The number of rotatable bonds is 6. The van der Waals surface area contributed by atoms with Gasteiger partial charge in [-0.25, -0.2) is 9.97 Å². The zero-order valence-corrected chi connectivity index (χ0v) is 15.3. The molecule has 0 radical (unpaired) electrons. The van der Waals surface area contributed by atoms with Crippen LogP contribution in [0.4, 0.5) is 5.82 Å². The van der Waals surface area contributed by atoms with E-state index in [1.54, 1.807) is 0 Å². The average Bonchev–Trinajstić information content (AvgIpc) is 2.96. The molecule has 8 nitrogen and oxygen atoms in total. The molecule has 1 aliphatic heterocycles. The quantitative estimate of drug-likeness (QED) is 0.826. The van der Waals surface area contributed by atoms with Crippen molar-refractivity contribution in [2.45, 2.75) is 32.2 Å². The van der Waals surface area contributed by atoms with Gasteiger partial charge in [-0.1, -0.05) is 0 Å². The number of anilines is 1. The first-order valence-corrected chi connectivity index (χ1v) is 8.80. The molecule has 25 heavy (non-hydrogen) atoms. The number of aryl methyl sites for hydroxylation is 1. The number of likely N-dealkylation sites (N-methyl/N-ethyl adjacent to an activating group) is 1. The summed E-state index contributed by atoms with van der Waals surface area (Å²) in [5.74, 6) is 4.25. The van der Waals surface area contributed by atoms with Gasteiger partial charge in [0.15, 0.2) is 0 Å². The summed E-state index contributed by atoms with van der Waals surface area (Å²) < 4.78 is 2.11. The molecular formula is C17H27N7O. The number of aliphatic hydroxyl groups excluding tert-OH is 1. The van der Waals surface area contributed by atoms with Gasteiger partial charge in [0.25, 0.3) is 0 Å². The Hall–Kier alpha value is -2.06. The highest BCUT2D eigenvalue weighted by atomic mass is 16.3. The van der Waals surface area contributed by atoms with Gasteiger partial charge < -0.3 is 14.6 Å². The van der Waals surface area contributed by atoms with Crippen LogP contribution in [0.5, 0.6) is 0 Å². The molecule has 0 bridgehead atoms. The number of aliphatic hydroxyl groups is 1. The minimum atomic E-state index is 0.155. The molecule has 1 aliphatic rings. The topological polar surface area (TPSA) is 83.2 Å². The lowest BCUT2D eigenvalue weighted by atomic mass is 9.96. The van der Waals surface area contributed by atoms with Crippen LogP contribution in [-0.4, -0.2) is 68.0 Å².